The van der Waals surface area contributed by atoms with Crippen molar-refractivity contribution in [1.29, 1.82) is 0 Å². The van der Waals surface area contributed by atoms with Crippen LogP contribution in [0.3, 0.4) is 0 Å². The molecule has 1 heterocycles. The average molecular weight is 393 g/mol. The molecule has 4 aromatic rings. The van der Waals surface area contributed by atoms with Crippen LogP contribution in [0.15, 0.2) is 103 Å². The third-order valence-corrected chi connectivity index (χ3v) is 4.87. The quantitative estimate of drug-likeness (QED) is 0.345. The molecule has 0 unspecified atom stereocenters. The van der Waals surface area contributed by atoms with Crippen LogP contribution in [-0.4, -0.2) is 5.97 Å². The molecule has 4 heteroatoms. The van der Waals surface area contributed by atoms with Crippen LogP contribution in [0.2, 0.25) is 0 Å². The molecule has 1 radical (unpaired) electrons. The van der Waals surface area contributed by atoms with Gasteiger partial charge in [0.2, 0.25) is 0 Å². The zero-order chi connectivity index (χ0) is 20.4. The van der Waals surface area contributed by atoms with Gasteiger partial charge in [0, 0.05) is 17.2 Å². The first kappa shape index (κ1) is 18.0. The number of carbonyl (C=O) groups is 1. The molecule has 0 saturated heterocycles. The van der Waals surface area contributed by atoms with Crippen molar-refractivity contribution in [3.8, 4) is 17.2 Å². The van der Waals surface area contributed by atoms with Crippen molar-refractivity contribution in [2.45, 2.75) is 5.79 Å². The van der Waals surface area contributed by atoms with E-state index in [4.69, 9.17) is 14.2 Å². The molecule has 0 bridgehead atoms. The summed E-state index contributed by atoms with van der Waals surface area (Å²) in [7, 11) is 0. The minimum absolute atomic E-state index is 0.332. The minimum atomic E-state index is -1.15. The normalized spacial score (nSPS) is 13.6. The first-order valence-corrected chi connectivity index (χ1v) is 9.57. The van der Waals surface area contributed by atoms with E-state index in [9.17, 15) is 4.79 Å². The summed E-state index contributed by atoms with van der Waals surface area (Å²) in [5.74, 6) is -0.281. The smallest absolute Gasteiger partial charge is 0.343 e. The number of fused-ring (bicyclic) bond motifs is 1. The molecule has 0 aromatic heterocycles. The Morgan fingerprint density at radius 3 is 1.93 bits per heavy atom. The van der Waals surface area contributed by atoms with E-state index in [1.807, 2.05) is 78.9 Å². The lowest BCUT2D eigenvalue weighted by atomic mass is 9.97. The second-order valence-corrected chi connectivity index (χ2v) is 6.84. The zero-order valence-electron chi connectivity index (χ0n) is 15.9. The summed E-state index contributed by atoms with van der Waals surface area (Å²) in [6.45, 7) is 0. The van der Waals surface area contributed by atoms with E-state index in [1.54, 1.807) is 24.3 Å². The Labute approximate surface area is 174 Å². The molecule has 4 aromatic carbocycles. The maximum absolute atomic E-state index is 12.6. The Morgan fingerprint density at radius 1 is 0.767 bits per heavy atom. The lowest BCUT2D eigenvalue weighted by Gasteiger charge is -2.28. The third-order valence-electron chi connectivity index (χ3n) is 4.87. The Morgan fingerprint density at radius 2 is 1.33 bits per heavy atom. The minimum Gasteiger partial charge on any atom is -0.440 e. The fourth-order valence-electron chi connectivity index (χ4n) is 3.43. The van der Waals surface area contributed by atoms with Gasteiger partial charge < -0.3 is 14.2 Å². The predicted molar refractivity (Wildman–Crippen MR) is 112 cm³/mol. The topological polar surface area (TPSA) is 44.8 Å². The van der Waals surface area contributed by atoms with Crippen molar-refractivity contribution >= 4 is 5.97 Å². The fraction of sp³-hybridized carbons (Fsp3) is 0.0385. The molecule has 0 amide bonds. The van der Waals surface area contributed by atoms with Gasteiger partial charge in [-0.05, 0) is 24.3 Å². The van der Waals surface area contributed by atoms with Gasteiger partial charge >= 0.3 is 11.8 Å². The summed E-state index contributed by atoms with van der Waals surface area (Å²) < 4.78 is 18.1. The highest BCUT2D eigenvalue weighted by Crippen LogP contribution is 2.47. The zero-order valence-corrected chi connectivity index (χ0v) is 15.9. The van der Waals surface area contributed by atoms with Crippen molar-refractivity contribution in [3.63, 3.8) is 0 Å². The molecule has 0 saturated carbocycles. The summed E-state index contributed by atoms with van der Waals surface area (Å²) in [6, 6.07) is 34.5. The van der Waals surface area contributed by atoms with Crippen molar-refractivity contribution in [2.24, 2.45) is 0 Å². The molecule has 0 N–H and O–H groups in total. The molecular formula is C26H17O4. The second kappa shape index (κ2) is 7.41. The molecule has 30 heavy (non-hydrogen) atoms. The van der Waals surface area contributed by atoms with E-state index in [2.05, 4.69) is 6.07 Å². The van der Waals surface area contributed by atoms with Gasteiger partial charge in [-0.15, -0.1) is 0 Å². The molecular weight excluding hydrogens is 376 g/mol. The molecule has 145 valence electrons. The number of hydrogen-bond donors (Lipinski definition) is 0. The summed E-state index contributed by atoms with van der Waals surface area (Å²) in [5, 5.41) is 0. The number of rotatable bonds is 4. The lowest BCUT2D eigenvalue weighted by molar-refractivity contribution is -0.0460. The number of para-hydroxylation sites is 1. The van der Waals surface area contributed by atoms with E-state index in [-0.39, 0.29) is 0 Å². The van der Waals surface area contributed by atoms with Crippen LogP contribution in [-0.2, 0) is 5.79 Å². The van der Waals surface area contributed by atoms with Crippen LogP contribution in [0, 0.1) is 6.07 Å². The maximum Gasteiger partial charge on any atom is 0.343 e. The molecule has 0 aliphatic carbocycles. The molecule has 1 aliphatic rings. The van der Waals surface area contributed by atoms with Gasteiger partial charge in [0.25, 0.3) is 0 Å². The van der Waals surface area contributed by atoms with E-state index >= 15 is 0 Å². The van der Waals surface area contributed by atoms with Crippen LogP contribution in [0.5, 0.6) is 17.2 Å². The number of hydrogen-bond acceptors (Lipinski definition) is 4. The second-order valence-electron chi connectivity index (χ2n) is 6.84. The molecule has 0 spiro atoms. The van der Waals surface area contributed by atoms with E-state index in [0.29, 0.717) is 22.8 Å². The summed E-state index contributed by atoms with van der Waals surface area (Å²) in [5.41, 5.74) is 2.02. The number of carbonyl (C=O) groups excluding carboxylic acids is 1. The van der Waals surface area contributed by atoms with E-state index in [0.717, 1.165) is 11.1 Å². The fourth-order valence-corrected chi connectivity index (χ4v) is 3.43. The van der Waals surface area contributed by atoms with Gasteiger partial charge in [0.05, 0.1) is 5.56 Å². The van der Waals surface area contributed by atoms with Crippen LogP contribution in [0.4, 0.5) is 0 Å². The monoisotopic (exact) mass is 393 g/mol. The molecule has 0 atom stereocenters. The average Bonchev–Trinajstić information content (AvgIpc) is 3.21. The SMILES string of the molecule is O=C(Oc1ccccc1)c1c[c]c2c(c1)OC(c1ccccc1)(c1ccccc1)O2. The van der Waals surface area contributed by atoms with Gasteiger partial charge in [-0.1, -0.05) is 78.9 Å². The van der Waals surface area contributed by atoms with Gasteiger partial charge in [-0.3, -0.25) is 0 Å². The Bertz CT molecular complexity index is 1130. The van der Waals surface area contributed by atoms with Gasteiger partial charge in [0.1, 0.15) is 5.75 Å². The van der Waals surface area contributed by atoms with Gasteiger partial charge in [-0.2, -0.15) is 0 Å². The Balaban J connectivity index is 1.50. The van der Waals surface area contributed by atoms with Gasteiger partial charge in [0.15, 0.2) is 11.5 Å². The van der Waals surface area contributed by atoms with Crippen LogP contribution < -0.4 is 14.2 Å². The molecule has 5 rings (SSSR count). The summed E-state index contributed by atoms with van der Waals surface area (Å²) in [6.07, 6.45) is 0. The first-order chi connectivity index (χ1) is 14.7. The summed E-state index contributed by atoms with van der Waals surface area (Å²) in [4.78, 5) is 12.6. The number of esters is 1. The van der Waals surface area contributed by atoms with Crippen LogP contribution in [0.25, 0.3) is 0 Å². The van der Waals surface area contributed by atoms with Gasteiger partial charge in [-0.25, -0.2) is 4.79 Å². The predicted octanol–water partition coefficient (Wildman–Crippen LogP) is 5.38. The third kappa shape index (κ3) is 3.18. The largest absolute Gasteiger partial charge is 0.440 e. The Kier molecular flexibility index (Phi) is 4.45. The summed E-state index contributed by atoms with van der Waals surface area (Å²) >= 11 is 0. The first-order valence-electron chi connectivity index (χ1n) is 9.57. The van der Waals surface area contributed by atoms with Crippen molar-refractivity contribution in [2.75, 3.05) is 0 Å². The number of ether oxygens (including phenoxy) is 3. The van der Waals surface area contributed by atoms with Crippen LogP contribution in [0.1, 0.15) is 21.5 Å². The number of benzene rings is 4. The highest BCUT2D eigenvalue weighted by Gasteiger charge is 2.45. The standard InChI is InChI=1S/C26H17O4/c27-25(28-22-14-8-3-9-15-22)19-16-17-23-24(18-19)30-26(29-23,20-10-4-1-5-11-20)21-12-6-2-7-13-21/h1-16,18H. The lowest BCUT2D eigenvalue weighted by Crippen LogP contribution is -2.36. The maximum atomic E-state index is 12.6. The molecule has 4 nitrogen and oxygen atoms in total. The highest BCUT2D eigenvalue weighted by molar-refractivity contribution is 5.91. The Hall–Kier alpha value is -4.05. The van der Waals surface area contributed by atoms with Crippen molar-refractivity contribution < 1.29 is 19.0 Å². The van der Waals surface area contributed by atoms with Crippen molar-refractivity contribution in [1.82, 2.24) is 0 Å². The van der Waals surface area contributed by atoms with E-state index < -0.39 is 11.8 Å². The van der Waals surface area contributed by atoms with Crippen molar-refractivity contribution in [3.05, 3.63) is 126 Å². The highest BCUT2D eigenvalue weighted by atomic mass is 16.7. The van der Waals surface area contributed by atoms with E-state index in [1.165, 1.54) is 0 Å². The molecule has 1 aliphatic heterocycles. The van der Waals surface area contributed by atoms with Crippen LogP contribution >= 0.6 is 0 Å². The molecule has 0 fully saturated rings.